The number of carbonyl (C=O) groups excluding carboxylic acids is 1. The van der Waals surface area contributed by atoms with Gasteiger partial charge >= 0.3 is 5.97 Å². The number of hydrogen-bond donors (Lipinski definition) is 2. The summed E-state index contributed by atoms with van der Waals surface area (Å²) < 4.78 is 4.93. The largest absolute Gasteiger partial charge is 0.511 e. The molecule has 2 rings (SSSR count). The Balaban J connectivity index is 2.49. The summed E-state index contributed by atoms with van der Waals surface area (Å²) in [6.07, 6.45) is 4.21. The number of nitrogens with one attached hydrogen (secondary N) is 1. The van der Waals surface area contributed by atoms with Gasteiger partial charge in [0.2, 0.25) is 0 Å². The maximum absolute atomic E-state index is 12.1. The highest BCUT2D eigenvalue weighted by atomic mass is 35.5. The van der Waals surface area contributed by atoms with E-state index in [-0.39, 0.29) is 45.2 Å². The van der Waals surface area contributed by atoms with Crippen molar-refractivity contribution in [1.82, 2.24) is 4.98 Å². The molecule has 0 bridgehead atoms. The van der Waals surface area contributed by atoms with Crippen molar-refractivity contribution in [3.63, 3.8) is 0 Å². The minimum absolute atomic E-state index is 0.107. The summed E-state index contributed by atoms with van der Waals surface area (Å²) in [5.74, 6) is -0.998. The summed E-state index contributed by atoms with van der Waals surface area (Å²) in [5, 5.41) is 18.7. The highest BCUT2D eigenvalue weighted by Crippen LogP contribution is 2.38. The number of carbonyl (C=O) groups is 1. The molecule has 0 radical (unpaired) electrons. The summed E-state index contributed by atoms with van der Waals surface area (Å²) in [5.41, 5.74) is -0.284. The predicted molar refractivity (Wildman–Crippen MR) is 80.1 cm³/mol. The van der Waals surface area contributed by atoms with Gasteiger partial charge in [0, 0.05) is 23.9 Å². The van der Waals surface area contributed by atoms with E-state index in [1.54, 1.807) is 6.92 Å². The first-order valence-corrected chi connectivity index (χ1v) is 7.21. The van der Waals surface area contributed by atoms with E-state index in [4.69, 9.17) is 33.3 Å². The number of nitrogens with zero attached hydrogens (tertiary/aromatic N) is 1. The van der Waals surface area contributed by atoms with Gasteiger partial charge in [-0.2, -0.15) is 0 Å². The fourth-order valence-corrected chi connectivity index (χ4v) is 2.43. The van der Waals surface area contributed by atoms with Crippen molar-refractivity contribution >= 4 is 34.9 Å². The zero-order valence-electron chi connectivity index (χ0n) is 11.3. The van der Waals surface area contributed by atoms with Crippen molar-refractivity contribution in [2.24, 2.45) is 5.92 Å². The fraction of sp³-hybridized carbons (Fsp3) is 0.357. The smallest absolute Gasteiger partial charge is 0.343 e. The molecule has 112 valence electrons. The minimum Gasteiger partial charge on any atom is -0.511 e. The minimum atomic E-state index is -0.754. The number of hydrogen-bond acceptors (Lipinski definition) is 5. The van der Waals surface area contributed by atoms with Crippen molar-refractivity contribution in [3.05, 3.63) is 39.3 Å². The van der Waals surface area contributed by atoms with Crippen LogP contribution >= 0.6 is 23.2 Å². The Morgan fingerprint density at radius 1 is 1.43 bits per heavy atom. The highest BCUT2D eigenvalue weighted by molar-refractivity contribution is 6.43. The molecule has 1 aromatic rings. The van der Waals surface area contributed by atoms with Crippen LogP contribution in [0.4, 0.5) is 0 Å². The monoisotopic (exact) mass is 328 g/mol. The summed E-state index contributed by atoms with van der Waals surface area (Å²) in [6, 6.07) is 0. The number of esters is 1. The van der Waals surface area contributed by atoms with Crippen LogP contribution in [-0.2, 0) is 9.53 Å². The van der Waals surface area contributed by atoms with E-state index in [1.165, 1.54) is 12.4 Å². The molecule has 21 heavy (non-hydrogen) atoms. The first-order valence-electron chi connectivity index (χ1n) is 6.45. The molecule has 0 amide bonds. The average molecular weight is 329 g/mol. The third kappa shape index (κ3) is 3.36. The molecule has 1 aliphatic carbocycles. The van der Waals surface area contributed by atoms with E-state index in [9.17, 15) is 9.90 Å². The number of aliphatic hydroxyl groups is 1. The van der Waals surface area contributed by atoms with Crippen LogP contribution in [0.5, 0.6) is 0 Å². The molecule has 0 aliphatic heterocycles. The zero-order valence-corrected chi connectivity index (χ0v) is 12.8. The fourth-order valence-electron chi connectivity index (χ4n) is 1.87. The van der Waals surface area contributed by atoms with Gasteiger partial charge in [-0.3, -0.25) is 10.4 Å². The first kappa shape index (κ1) is 15.8. The van der Waals surface area contributed by atoms with E-state index < -0.39 is 5.97 Å². The number of pyridine rings is 1. The van der Waals surface area contributed by atoms with Crippen LogP contribution in [0.15, 0.2) is 23.7 Å². The molecule has 0 unspecified atom stereocenters. The Bertz CT molecular complexity index is 604. The summed E-state index contributed by atoms with van der Waals surface area (Å²) in [7, 11) is 0. The Labute approximate surface area is 132 Å². The molecule has 1 saturated carbocycles. The molecular weight excluding hydrogens is 315 g/mol. The van der Waals surface area contributed by atoms with E-state index in [0.29, 0.717) is 0 Å². The molecule has 0 saturated heterocycles. The third-order valence-corrected chi connectivity index (χ3v) is 3.63. The lowest BCUT2D eigenvalue weighted by atomic mass is 10.0. The van der Waals surface area contributed by atoms with Crippen LogP contribution in [-0.4, -0.2) is 28.4 Å². The lowest BCUT2D eigenvalue weighted by Gasteiger charge is -2.13. The van der Waals surface area contributed by atoms with Crippen molar-refractivity contribution < 1.29 is 14.6 Å². The van der Waals surface area contributed by atoms with Crippen LogP contribution in [0, 0.1) is 11.3 Å². The van der Waals surface area contributed by atoms with Gasteiger partial charge in [0.1, 0.15) is 11.3 Å². The molecule has 0 aromatic carbocycles. The van der Waals surface area contributed by atoms with Crippen LogP contribution in [0.3, 0.4) is 0 Å². The van der Waals surface area contributed by atoms with Gasteiger partial charge in [0.25, 0.3) is 0 Å². The van der Waals surface area contributed by atoms with Gasteiger partial charge < -0.3 is 9.84 Å². The maximum atomic E-state index is 12.1. The topological polar surface area (TPSA) is 83.3 Å². The van der Waals surface area contributed by atoms with Gasteiger partial charge in [-0.05, 0) is 19.8 Å². The lowest BCUT2D eigenvalue weighted by Crippen LogP contribution is -2.20. The van der Waals surface area contributed by atoms with Crippen LogP contribution in [0.1, 0.15) is 25.3 Å². The SMILES string of the molecule is CCOC(=O)/C(C(=N)c1c(Cl)cncc1Cl)=C(/O)C1CC1. The molecule has 7 heteroatoms. The van der Waals surface area contributed by atoms with E-state index in [1.807, 2.05) is 0 Å². The van der Waals surface area contributed by atoms with Gasteiger partial charge in [-0.15, -0.1) is 0 Å². The standard InChI is InChI=1S/C14H14Cl2N2O3/c1-2-21-14(20)11(13(19)7-3-4-7)12(17)10-8(15)5-18-6-9(10)16/h5-7,17,19H,2-4H2,1H3/b13-11+,17-12?. The van der Waals surface area contributed by atoms with Crippen LogP contribution < -0.4 is 0 Å². The second-order valence-electron chi connectivity index (χ2n) is 4.61. The van der Waals surface area contributed by atoms with Gasteiger partial charge in [0.15, 0.2) is 0 Å². The average Bonchev–Trinajstić information content (AvgIpc) is 3.23. The molecule has 1 aromatic heterocycles. The molecule has 2 N–H and O–H groups in total. The second kappa shape index (κ2) is 6.45. The van der Waals surface area contributed by atoms with Crippen molar-refractivity contribution in [2.45, 2.75) is 19.8 Å². The maximum Gasteiger partial charge on any atom is 0.343 e. The van der Waals surface area contributed by atoms with E-state index in [0.717, 1.165) is 12.8 Å². The number of allylic oxidation sites excluding steroid dienone is 1. The lowest BCUT2D eigenvalue weighted by molar-refractivity contribution is -0.138. The summed E-state index contributed by atoms with van der Waals surface area (Å²) in [4.78, 5) is 15.9. The van der Waals surface area contributed by atoms with Crippen LogP contribution in [0.25, 0.3) is 0 Å². The number of aliphatic hydroxyl groups excluding tert-OH is 1. The van der Waals surface area contributed by atoms with Gasteiger partial charge in [-0.1, -0.05) is 23.2 Å². The molecule has 1 heterocycles. The van der Waals surface area contributed by atoms with Crippen molar-refractivity contribution in [3.8, 4) is 0 Å². The van der Waals surface area contributed by atoms with Crippen molar-refractivity contribution in [2.75, 3.05) is 6.61 Å². The Morgan fingerprint density at radius 3 is 2.48 bits per heavy atom. The molecular formula is C14H14Cl2N2O3. The highest BCUT2D eigenvalue weighted by Gasteiger charge is 2.34. The predicted octanol–water partition coefficient (Wildman–Crippen LogP) is 3.54. The quantitative estimate of drug-likeness (QED) is 0.375. The van der Waals surface area contributed by atoms with Gasteiger partial charge in [-0.25, -0.2) is 4.79 Å². The normalized spacial score (nSPS) is 15.4. The second-order valence-corrected chi connectivity index (χ2v) is 5.42. The molecule has 0 atom stereocenters. The zero-order chi connectivity index (χ0) is 15.6. The summed E-state index contributed by atoms with van der Waals surface area (Å²) in [6.45, 7) is 1.80. The van der Waals surface area contributed by atoms with Crippen LogP contribution in [0.2, 0.25) is 10.0 Å². The third-order valence-electron chi connectivity index (χ3n) is 3.05. The number of rotatable bonds is 5. The Kier molecular flexibility index (Phi) is 4.85. The van der Waals surface area contributed by atoms with Gasteiger partial charge in [0.05, 0.1) is 22.4 Å². The molecule has 0 spiro atoms. The Morgan fingerprint density at radius 2 is 2.00 bits per heavy atom. The number of aromatic nitrogens is 1. The number of halogens is 2. The number of ether oxygens (including phenoxy) is 1. The molecule has 1 fully saturated rings. The summed E-state index contributed by atoms with van der Waals surface area (Å²) >= 11 is 12.0. The molecule has 1 aliphatic rings. The first-order chi connectivity index (χ1) is 9.97. The van der Waals surface area contributed by atoms with Crippen molar-refractivity contribution in [1.29, 1.82) is 5.41 Å². The van der Waals surface area contributed by atoms with E-state index in [2.05, 4.69) is 4.98 Å². The Hall–Kier alpha value is -1.59. The molecule has 5 nitrogen and oxygen atoms in total. The van der Waals surface area contributed by atoms with E-state index >= 15 is 0 Å².